The van der Waals surface area contributed by atoms with Crippen LogP contribution in [0.1, 0.15) is 0 Å². The predicted octanol–water partition coefficient (Wildman–Crippen LogP) is -0.646. The Kier molecular flexibility index (Phi) is 5.62. The number of primary sulfonamides is 1. The standard InChI is InChI=1S/C12H12N4O5S/c13-5-8(6-15-7-11(17)18)12(19)16-9-1-3-10(4-2-9)22(14,20)21/h1-4,6,15H,7H2,(H,16,19)(H,17,18)(H2,14,20,21)/b8-6-. The Bertz CT molecular complexity index is 747. The Hall–Kier alpha value is -2.90. The molecule has 0 aliphatic rings. The highest BCUT2D eigenvalue weighted by atomic mass is 32.2. The number of anilines is 1. The van der Waals surface area contributed by atoms with Crippen molar-refractivity contribution >= 4 is 27.6 Å². The molecule has 1 rings (SSSR count). The molecule has 5 N–H and O–H groups in total. The minimum Gasteiger partial charge on any atom is -0.480 e. The SMILES string of the molecule is N#C/C(=C/NCC(=O)O)C(=O)Nc1ccc(S(N)(=O)=O)cc1. The Labute approximate surface area is 126 Å². The fraction of sp³-hybridized carbons (Fsp3) is 0.0833. The number of nitriles is 1. The molecule has 0 heterocycles. The summed E-state index contributed by atoms with van der Waals surface area (Å²) in [6.07, 6.45) is 0.974. The normalized spacial score (nSPS) is 11.4. The summed E-state index contributed by atoms with van der Waals surface area (Å²) < 4.78 is 22.2. The van der Waals surface area contributed by atoms with Gasteiger partial charge < -0.3 is 15.7 Å². The van der Waals surface area contributed by atoms with Gasteiger partial charge in [-0.3, -0.25) is 9.59 Å². The van der Waals surface area contributed by atoms with E-state index in [1.807, 2.05) is 0 Å². The van der Waals surface area contributed by atoms with Gasteiger partial charge in [0.2, 0.25) is 10.0 Å². The molecule has 0 aliphatic carbocycles. The number of aliphatic carboxylic acids is 1. The zero-order valence-electron chi connectivity index (χ0n) is 11.1. The summed E-state index contributed by atoms with van der Waals surface area (Å²) in [5.41, 5.74) is -0.0893. The number of rotatable bonds is 6. The quantitative estimate of drug-likeness (QED) is 0.399. The van der Waals surface area contributed by atoms with Crippen molar-refractivity contribution in [2.24, 2.45) is 5.14 Å². The van der Waals surface area contributed by atoms with E-state index in [4.69, 9.17) is 15.5 Å². The van der Waals surface area contributed by atoms with E-state index in [9.17, 15) is 18.0 Å². The van der Waals surface area contributed by atoms with E-state index >= 15 is 0 Å². The van der Waals surface area contributed by atoms with Crippen LogP contribution in [0.15, 0.2) is 40.9 Å². The first-order chi connectivity index (χ1) is 10.2. The smallest absolute Gasteiger partial charge is 0.322 e. The van der Waals surface area contributed by atoms with Crippen molar-refractivity contribution in [1.82, 2.24) is 5.32 Å². The van der Waals surface area contributed by atoms with E-state index < -0.39 is 28.4 Å². The molecule has 1 aromatic rings. The van der Waals surface area contributed by atoms with Crippen LogP contribution in [-0.4, -0.2) is 31.9 Å². The number of nitrogens with two attached hydrogens (primary N) is 1. The maximum Gasteiger partial charge on any atom is 0.322 e. The topological polar surface area (TPSA) is 162 Å². The van der Waals surface area contributed by atoms with E-state index in [0.29, 0.717) is 0 Å². The van der Waals surface area contributed by atoms with E-state index in [-0.39, 0.29) is 16.2 Å². The zero-order valence-corrected chi connectivity index (χ0v) is 11.9. The van der Waals surface area contributed by atoms with Crippen LogP contribution in [0.3, 0.4) is 0 Å². The van der Waals surface area contributed by atoms with Gasteiger partial charge in [0.1, 0.15) is 18.2 Å². The average Bonchev–Trinajstić information content (AvgIpc) is 2.42. The average molecular weight is 324 g/mol. The third kappa shape index (κ3) is 5.23. The third-order valence-electron chi connectivity index (χ3n) is 2.31. The highest BCUT2D eigenvalue weighted by Crippen LogP contribution is 2.13. The van der Waals surface area contributed by atoms with Crippen LogP contribution < -0.4 is 15.8 Å². The van der Waals surface area contributed by atoms with E-state index in [1.54, 1.807) is 6.07 Å². The molecule has 0 aromatic heterocycles. The van der Waals surface area contributed by atoms with Gasteiger partial charge in [-0.15, -0.1) is 0 Å². The van der Waals surface area contributed by atoms with Gasteiger partial charge >= 0.3 is 5.97 Å². The first-order valence-electron chi connectivity index (χ1n) is 5.73. The molecule has 116 valence electrons. The minimum absolute atomic E-state index is 0.121. The van der Waals surface area contributed by atoms with Gasteiger partial charge in [0.15, 0.2) is 0 Å². The van der Waals surface area contributed by atoms with Crippen LogP contribution in [-0.2, 0) is 19.6 Å². The lowest BCUT2D eigenvalue weighted by molar-refractivity contribution is -0.135. The summed E-state index contributed by atoms with van der Waals surface area (Å²) in [5, 5.41) is 26.8. The zero-order chi connectivity index (χ0) is 16.8. The lowest BCUT2D eigenvalue weighted by Gasteiger charge is -2.05. The summed E-state index contributed by atoms with van der Waals surface area (Å²) in [7, 11) is -3.83. The number of carboxylic acids is 1. The van der Waals surface area contributed by atoms with Crippen LogP contribution in [0.2, 0.25) is 0 Å². The lowest BCUT2D eigenvalue weighted by Crippen LogP contribution is -2.20. The second-order valence-corrected chi connectivity index (χ2v) is 5.53. The van der Waals surface area contributed by atoms with Gasteiger partial charge in [-0.1, -0.05) is 0 Å². The number of carbonyl (C=O) groups excluding carboxylic acids is 1. The Morgan fingerprint density at radius 1 is 1.32 bits per heavy atom. The highest BCUT2D eigenvalue weighted by Gasteiger charge is 2.11. The van der Waals surface area contributed by atoms with Crippen LogP contribution in [0, 0.1) is 11.3 Å². The molecule has 0 radical (unpaired) electrons. The number of nitrogens with one attached hydrogen (secondary N) is 2. The minimum atomic E-state index is -3.83. The van der Waals surface area contributed by atoms with Crippen molar-refractivity contribution < 1.29 is 23.1 Å². The van der Waals surface area contributed by atoms with Crippen LogP contribution in [0.25, 0.3) is 0 Å². The predicted molar refractivity (Wildman–Crippen MR) is 75.8 cm³/mol. The third-order valence-corrected chi connectivity index (χ3v) is 3.23. The number of carboxylic acid groups (broad SMARTS) is 1. The van der Waals surface area contributed by atoms with E-state index in [1.165, 1.54) is 24.3 Å². The van der Waals surface area contributed by atoms with E-state index in [0.717, 1.165) is 6.20 Å². The highest BCUT2D eigenvalue weighted by molar-refractivity contribution is 7.89. The lowest BCUT2D eigenvalue weighted by atomic mass is 10.2. The van der Waals surface area contributed by atoms with Crippen molar-refractivity contribution in [1.29, 1.82) is 5.26 Å². The number of nitrogens with zero attached hydrogens (tertiary/aromatic N) is 1. The molecular weight excluding hydrogens is 312 g/mol. The number of hydrogen-bond acceptors (Lipinski definition) is 6. The summed E-state index contributed by atoms with van der Waals surface area (Å²) in [5.74, 6) is -1.92. The largest absolute Gasteiger partial charge is 0.480 e. The first kappa shape index (κ1) is 17.2. The van der Waals surface area contributed by atoms with Crippen molar-refractivity contribution in [2.75, 3.05) is 11.9 Å². The fourth-order valence-corrected chi connectivity index (χ4v) is 1.83. The summed E-state index contributed by atoms with van der Waals surface area (Å²) >= 11 is 0. The van der Waals surface area contributed by atoms with Gasteiger partial charge in [-0.2, -0.15) is 5.26 Å². The van der Waals surface area contributed by atoms with Crippen LogP contribution >= 0.6 is 0 Å². The van der Waals surface area contributed by atoms with Crippen molar-refractivity contribution in [3.8, 4) is 6.07 Å². The maximum atomic E-state index is 11.8. The molecule has 0 unspecified atom stereocenters. The van der Waals surface area contributed by atoms with Crippen molar-refractivity contribution in [2.45, 2.75) is 4.90 Å². The van der Waals surface area contributed by atoms with E-state index in [2.05, 4.69) is 10.6 Å². The first-order valence-corrected chi connectivity index (χ1v) is 7.28. The maximum absolute atomic E-state index is 11.8. The molecule has 0 spiro atoms. The molecule has 1 aromatic carbocycles. The molecule has 1 amide bonds. The summed E-state index contributed by atoms with van der Waals surface area (Å²) in [6, 6.07) is 6.61. The molecule has 22 heavy (non-hydrogen) atoms. The van der Waals surface area contributed by atoms with Crippen LogP contribution in [0.4, 0.5) is 5.69 Å². The van der Waals surface area contributed by atoms with Crippen molar-refractivity contribution in [3.63, 3.8) is 0 Å². The fourth-order valence-electron chi connectivity index (χ4n) is 1.32. The van der Waals surface area contributed by atoms with Gasteiger partial charge in [0, 0.05) is 11.9 Å². The molecule has 0 fully saturated rings. The molecule has 0 saturated carbocycles. The number of amides is 1. The molecule has 0 aliphatic heterocycles. The summed E-state index contributed by atoms with van der Waals surface area (Å²) in [4.78, 5) is 22.0. The Morgan fingerprint density at radius 2 is 1.91 bits per heavy atom. The van der Waals surface area contributed by atoms with Crippen LogP contribution in [0.5, 0.6) is 0 Å². The van der Waals surface area contributed by atoms with Gasteiger partial charge in [-0.25, -0.2) is 13.6 Å². The van der Waals surface area contributed by atoms with Crippen molar-refractivity contribution in [3.05, 3.63) is 36.0 Å². The second kappa shape index (κ2) is 7.21. The number of sulfonamides is 1. The Morgan fingerprint density at radius 3 is 2.36 bits per heavy atom. The number of hydrogen-bond donors (Lipinski definition) is 4. The Balaban J connectivity index is 2.79. The molecule has 0 bridgehead atoms. The summed E-state index contributed by atoms with van der Waals surface area (Å²) in [6.45, 7) is -0.443. The number of benzene rings is 1. The van der Waals surface area contributed by atoms with Gasteiger partial charge in [-0.05, 0) is 24.3 Å². The monoisotopic (exact) mass is 324 g/mol. The van der Waals surface area contributed by atoms with Gasteiger partial charge in [0.25, 0.3) is 5.91 Å². The molecular formula is C12H12N4O5S. The number of carbonyl (C=O) groups is 2. The molecule has 0 saturated heterocycles. The second-order valence-electron chi connectivity index (χ2n) is 3.97. The molecule has 10 heteroatoms. The molecule has 9 nitrogen and oxygen atoms in total. The molecule has 0 atom stereocenters. The van der Waals surface area contributed by atoms with Gasteiger partial charge in [0.05, 0.1) is 4.90 Å².